The minimum absolute atomic E-state index is 0.647. The molecule has 3 rings (SSSR count). The van der Waals surface area contributed by atoms with Gasteiger partial charge in [0.05, 0.1) is 5.54 Å². The standard InChI is InChI=1S/C22H22BrN/c23-17-9-11-18-10-7-8-16-21(18)22(24,19-12-3-1-4-13-19)20-14-5-2-6-15-20/h1-8,10,12-16H,9,11,17,24H2. The molecule has 0 heterocycles. The number of hydrogen-bond acceptors (Lipinski definition) is 1. The van der Waals surface area contributed by atoms with Crippen molar-refractivity contribution >= 4 is 15.9 Å². The minimum Gasteiger partial charge on any atom is -0.314 e. The van der Waals surface area contributed by atoms with Gasteiger partial charge in [-0.25, -0.2) is 0 Å². The Morgan fingerprint density at radius 3 is 1.75 bits per heavy atom. The van der Waals surface area contributed by atoms with Crippen molar-refractivity contribution in [3.63, 3.8) is 0 Å². The summed E-state index contributed by atoms with van der Waals surface area (Å²) in [5, 5.41) is 0.996. The molecule has 0 aliphatic heterocycles. The summed E-state index contributed by atoms with van der Waals surface area (Å²) >= 11 is 3.54. The predicted octanol–water partition coefficient (Wildman–Crippen LogP) is 5.26. The van der Waals surface area contributed by atoms with Crippen LogP contribution in [0.4, 0.5) is 0 Å². The van der Waals surface area contributed by atoms with Gasteiger partial charge in [0.2, 0.25) is 0 Å². The maximum absolute atomic E-state index is 7.12. The molecule has 0 saturated heterocycles. The van der Waals surface area contributed by atoms with Crippen molar-refractivity contribution in [1.29, 1.82) is 0 Å². The monoisotopic (exact) mass is 379 g/mol. The lowest BCUT2D eigenvalue weighted by molar-refractivity contribution is 0.641. The first-order valence-electron chi connectivity index (χ1n) is 8.31. The first kappa shape index (κ1) is 16.9. The number of alkyl halides is 1. The van der Waals surface area contributed by atoms with Crippen LogP contribution in [0.1, 0.15) is 28.7 Å². The van der Waals surface area contributed by atoms with E-state index in [0.717, 1.165) is 29.3 Å². The van der Waals surface area contributed by atoms with E-state index in [-0.39, 0.29) is 0 Å². The van der Waals surface area contributed by atoms with Gasteiger partial charge in [0, 0.05) is 5.33 Å². The molecule has 3 aromatic rings. The SMILES string of the molecule is NC(c1ccccc1)(c1ccccc1)c1ccccc1CCCBr. The number of aryl methyl sites for hydroxylation is 1. The van der Waals surface area contributed by atoms with Crippen LogP contribution >= 0.6 is 15.9 Å². The maximum atomic E-state index is 7.12. The van der Waals surface area contributed by atoms with Gasteiger partial charge in [0.25, 0.3) is 0 Å². The third-order valence-corrected chi connectivity index (χ3v) is 5.04. The fourth-order valence-corrected chi connectivity index (χ4v) is 3.54. The topological polar surface area (TPSA) is 26.0 Å². The number of nitrogens with two attached hydrogens (primary N) is 1. The maximum Gasteiger partial charge on any atom is 0.0925 e. The van der Waals surface area contributed by atoms with Crippen LogP contribution in [0, 0.1) is 0 Å². The fourth-order valence-electron chi connectivity index (χ4n) is 3.26. The molecule has 24 heavy (non-hydrogen) atoms. The van der Waals surface area contributed by atoms with Crippen molar-refractivity contribution in [3.8, 4) is 0 Å². The van der Waals surface area contributed by atoms with E-state index in [2.05, 4.69) is 88.7 Å². The predicted molar refractivity (Wildman–Crippen MR) is 106 cm³/mol. The molecule has 0 bridgehead atoms. The van der Waals surface area contributed by atoms with Gasteiger partial charge in [0.1, 0.15) is 0 Å². The van der Waals surface area contributed by atoms with Gasteiger partial charge in [-0.2, -0.15) is 0 Å². The summed E-state index contributed by atoms with van der Waals surface area (Å²) in [5.74, 6) is 0. The van der Waals surface area contributed by atoms with Crippen LogP contribution < -0.4 is 5.73 Å². The van der Waals surface area contributed by atoms with Crippen molar-refractivity contribution in [2.45, 2.75) is 18.4 Å². The normalized spacial score (nSPS) is 11.4. The van der Waals surface area contributed by atoms with Crippen LogP contribution in [-0.2, 0) is 12.0 Å². The molecule has 0 atom stereocenters. The van der Waals surface area contributed by atoms with E-state index >= 15 is 0 Å². The Balaban J connectivity index is 2.20. The van der Waals surface area contributed by atoms with Gasteiger partial charge in [-0.3, -0.25) is 0 Å². The Morgan fingerprint density at radius 1 is 0.708 bits per heavy atom. The average molecular weight is 380 g/mol. The van der Waals surface area contributed by atoms with Gasteiger partial charge >= 0.3 is 0 Å². The summed E-state index contributed by atoms with van der Waals surface area (Å²) < 4.78 is 0. The van der Waals surface area contributed by atoms with E-state index in [1.807, 2.05) is 12.1 Å². The van der Waals surface area contributed by atoms with Gasteiger partial charge in [0.15, 0.2) is 0 Å². The van der Waals surface area contributed by atoms with Crippen LogP contribution in [0.15, 0.2) is 84.9 Å². The summed E-state index contributed by atoms with van der Waals surface area (Å²) in [6.07, 6.45) is 2.11. The Labute approximate surface area is 152 Å². The molecular formula is C22H22BrN. The lowest BCUT2D eigenvalue weighted by Crippen LogP contribution is -2.40. The molecule has 0 spiro atoms. The fraction of sp³-hybridized carbons (Fsp3) is 0.182. The molecule has 0 aliphatic carbocycles. The largest absolute Gasteiger partial charge is 0.314 e. The van der Waals surface area contributed by atoms with Crippen LogP contribution in [0.5, 0.6) is 0 Å². The molecule has 0 radical (unpaired) electrons. The van der Waals surface area contributed by atoms with Crippen molar-refractivity contribution in [1.82, 2.24) is 0 Å². The number of benzene rings is 3. The van der Waals surface area contributed by atoms with Crippen LogP contribution in [0.25, 0.3) is 0 Å². The molecule has 0 fully saturated rings. The first-order chi connectivity index (χ1) is 11.8. The highest BCUT2D eigenvalue weighted by Crippen LogP contribution is 2.36. The molecule has 3 aromatic carbocycles. The van der Waals surface area contributed by atoms with E-state index in [4.69, 9.17) is 5.73 Å². The molecule has 0 aromatic heterocycles. The second kappa shape index (κ2) is 7.78. The van der Waals surface area contributed by atoms with E-state index in [9.17, 15) is 0 Å². The summed E-state index contributed by atoms with van der Waals surface area (Å²) in [7, 11) is 0. The molecule has 1 nitrogen and oxygen atoms in total. The summed E-state index contributed by atoms with van der Waals surface area (Å²) in [5.41, 5.74) is 11.2. The average Bonchev–Trinajstić information content (AvgIpc) is 2.67. The van der Waals surface area contributed by atoms with E-state index in [1.165, 1.54) is 11.1 Å². The quantitative estimate of drug-likeness (QED) is 0.458. The Bertz CT molecular complexity index is 729. The molecule has 2 N–H and O–H groups in total. The van der Waals surface area contributed by atoms with Crippen molar-refractivity contribution in [3.05, 3.63) is 107 Å². The summed E-state index contributed by atoms with van der Waals surface area (Å²) in [6, 6.07) is 29.3. The van der Waals surface area contributed by atoms with Crippen LogP contribution in [-0.4, -0.2) is 5.33 Å². The van der Waals surface area contributed by atoms with E-state index in [0.29, 0.717) is 0 Å². The van der Waals surface area contributed by atoms with Crippen molar-refractivity contribution < 1.29 is 0 Å². The van der Waals surface area contributed by atoms with Gasteiger partial charge in [-0.05, 0) is 35.1 Å². The zero-order valence-corrected chi connectivity index (χ0v) is 15.2. The Hall–Kier alpha value is -1.90. The van der Waals surface area contributed by atoms with Gasteiger partial charge in [-0.15, -0.1) is 0 Å². The lowest BCUT2D eigenvalue weighted by atomic mass is 9.75. The molecule has 0 saturated carbocycles. The molecular weight excluding hydrogens is 358 g/mol. The zero-order valence-electron chi connectivity index (χ0n) is 13.7. The lowest BCUT2D eigenvalue weighted by Gasteiger charge is -2.33. The summed E-state index contributed by atoms with van der Waals surface area (Å²) in [4.78, 5) is 0. The second-order valence-corrected chi connectivity index (χ2v) is 6.78. The highest BCUT2D eigenvalue weighted by molar-refractivity contribution is 9.09. The van der Waals surface area contributed by atoms with Crippen LogP contribution in [0.3, 0.4) is 0 Å². The van der Waals surface area contributed by atoms with E-state index in [1.54, 1.807) is 0 Å². The minimum atomic E-state index is -0.647. The van der Waals surface area contributed by atoms with E-state index < -0.39 is 5.54 Å². The van der Waals surface area contributed by atoms with Crippen molar-refractivity contribution in [2.75, 3.05) is 5.33 Å². The number of halogens is 1. The molecule has 0 aliphatic rings. The summed E-state index contributed by atoms with van der Waals surface area (Å²) in [6.45, 7) is 0. The molecule has 2 heteroatoms. The molecule has 0 amide bonds. The Kier molecular flexibility index (Phi) is 5.49. The third-order valence-electron chi connectivity index (χ3n) is 4.48. The molecule has 122 valence electrons. The number of rotatable bonds is 6. The zero-order chi connectivity index (χ0) is 16.8. The smallest absolute Gasteiger partial charge is 0.0925 e. The van der Waals surface area contributed by atoms with Gasteiger partial charge in [-0.1, -0.05) is 101 Å². The number of hydrogen-bond donors (Lipinski definition) is 1. The highest BCUT2D eigenvalue weighted by Gasteiger charge is 2.33. The van der Waals surface area contributed by atoms with Crippen molar-refractivity contribution in [2.24, 2.45) is 5.73 Å². The molecule has 0 unspecified atom stereocenters. The van der Waals surface area contributed by atoms with Gasteiger partial charge < -0.3 is 5.73 Å². The third kappa shape index (κ3) is 3.31. The Morgan fingerprint density at radius 2 is 1.21 bits per heavy atom. The highest BCUT2D eigenvalue weighted by atomic mass is 79.9. The second-order valence-electron chi connectivity index (χ2n) is 5.99. The first-order valence-corrected chi connectivity index (χ1v) is 9.43. The van der Waals surface area contributed by atoms with Crippen LogP contribution in [0.2, 0.25) is 0 Å².